The van der Waals surface area contributed by atoms with Crippen LogP contribution in [-0.4, -0.2) is 40.0 Å². The molecule has 1 heterocycles. The summed E-state index contributed by atoms with van der Waals surface area (Å²) < 4.78 is 4.48. The minimum absolute atomic E-state index is 0.109. The van der Waals surface area contributed by atoms with Gasteiger partial charge in [0.15, 0.2) is 5.69 Å². The highest BCUT2D eigenvalue weighted by Crippen LogP contribution is 2.03. The Morgan fingerprint density at radius 2 is 2.29 bits per heavy atom. The monoisotopic (exact) mass is 200 g/mol. The molecule has 0 radical (unpaired) electrons. The van der Waals surface area contributed by atoms with Gasteiger partial charge in [-0.2, -0.15) is 0 Å². The van der Waals surface area contributed by atoms with Crippen LogP contribution < -0.4 is 5.32 Å². The molecular weight excluding hydrogens is 188 g/mol. The number of aliphatic hydroxyl groups is 2. The second kappa shape index (κ2) is 4.21. The van der Waals surface area contributed by atoms with Crippen LogP contribution in [0.2, 0.25) is 0 Å². The fraction of sp³-hybridized carbons (Fsp3) is 0.500. The standard InChI is InChI=1S/C8H12N2O4/c1-8(4-11,5-12)9-7(13)6-2-3-14-10-6/h2-3,11-12H,4-5H2,1H3,(H,9,13). The molecule has 3 N–H and O–H groups in total. The summed E-state index contributed by atoms with van der Waals surface area (Å²) in [5.41, 5.74) is -0.936. The maximum Gasteiger partial charge on any atom is 0.274 e. The zero-order valence-corrected chi connectivity index (χ0v) is 7.73. The number of rotatable bonds is 4. The summed E-state index contributed by atoms with van der Waals surface area (Å²) in [6, 6.07) is 1.39. The number of carbonyl (C=O) groups excluding carboxylic acids is 1. The molecule has 0 aromatic carbocycles. The second-order valence-corrected chi connectivity index (χ2v) is 3.22. The van der Waals surface area contributed by atoms with Gasteiger partial charge in [0.25, 0.3) is 5.91 Å². The Bertz CT molecular complexity index is 292. The van der Waals surface area contributed by atoms with E-state index in [-0.39, 0.29) is 18.9 Å². The van der Waals surface area contributed by atoms with Gasteiger partial charge in [0, 0.05) is 6.07 Å². The van der Waals surface area contributed by atoms with Crippen molar-refractivity contribution >= 4 is 5.91 Å². The molecule has 6 heteroatoms. The Hall–Kier alpha value is -1.40. The fourth-order valence-corrected chi connectivity index (χ4v) is 0.797. The Kier molecular flexibility index (Phi) is 3.21. The van der Waals surface area contributed by atoms with Crippen molar-refractivity contribution in [3.63, 3.8) is 0 Å². The van der Waals surface area contributed by atoms with Gasteiger partial charge in [-0.05, 0) is 6.92 Å². The molecule has 0 aliphatic heterocycles. The summed E-state index contributed by atoms with van der Waals surface area (Å²) in [6.07, 6.45) is 1.27. The van der Waals surface area contributed by atoms with Gasteiger partial charge in [0.05, 0.1) is 18.8 Å². The van der Waals surface area contributed by atoms with E-state index < -0.39 is 11.4 Å². The number of aliphatic hydroxyl groups excluding tert-OH is 2. The molecular formula is C8H12N2O4. The van der Waals surface area contributed by atoms with Crippen molar-refractivity contribution in [3.05, 3.63) is 18.0 Å². The van der Waals surface area contributed by atoms with E-state index in [1.165, 1.54) is 19.3 Å². The van der Waals surface area contributed by atoms with Crippen molar-refractivity contribution in [2.45, 2.75) is 12.5 Å². The topological polar surface area (TPSA) is 95.6 Å². The van der Waals surface area contributed by atoms with Gasteiger partial charge in [0.2, 0.25) is 0 Å². The summed E-state index contributed by atoms with van der Waals surface area (Å²) in [5, 5.41) is 23.7. The van der Waals surface area contributed by atoms with Crippen molar-refractivity contribution in [3.8, 4) is 0 Å². The van der Waals surface area contributed by atoms with Crippen LogP contribution in [0.5, 0.6) is 0 Å². The van der Waals surface area contributed by atoms with Crippen LogP contribution >= 0.6 is 0 Å². The smallest absolute Gasteiger partial charge is 0.274 e. The maximum absolute atomic E-state index is 11.4. The summed E-state index contributed by atoms with van der Waals surface area (Å²) in [6.45, 7) is 0.811. The van der Waals surface area contributed by atoms with Crippen molar-refractivity contribution in [2.75, 3.05) is 13.2 Å². The lowest BCUT2D eigenvalue weighted by molar-refractivity contribution is 0.0716. The zero-order valence-electron chi connectivity index (χ0n) is 7.73. The maximum atomic E-state index is 11.4. The molecule has 0 fully saturated rings. The molecule has 0 unspecified atom stereocenters. The molecule has 6 nitrogen and oxygen atoms in total. The lowest BCUT2D eigenvalue weighted by Crippen LogP contribution is -2.51. The third-order valence-electron chi connectivity index (χ3n) is 1.78. The normalized spacial score (nSPS) is 11.4. The molecule has 0 atom stereocenters. The summed E-state index contributed by atoms with van der Waals surface area (Å²) >= 11 is 0. The Balaban J connectivity index is 2.65. The van der Waals surface area contributed by atoms with E-state index in [0.717, 1.165) is 0 Å². The molecule has 0 bridgehead atoms. The van der Waals surface area contributed by atoms with E-state index in [4.69, 9.17) is 10.2 Å². The van der Waals surface area contributed by atoms with Crippen LogP contribution in [0.15, 0.2) is 16.9 Å². The zero-order chi connectivity index (χ0) is 10.6. The van der Waals surface area contributed by atoms with E-state index in [1.807, 2.05) is 0 Å². The number of hydrogen-bond acceptors (Lipinski definition) is 5. The molecule has 0 aliphatic carbocycles. The molecule has 0 aliphatic rings. The quantitative estimate of drug-likeness (QED) is 0.588. The van der Waals surface area contributed by atoms with Crippen LogP contribution in [0, 0.1) is 0 Å². The van der Waals surface area contributed by atoms with Crippen molar-refractivity contribution in [2.24, 2.45) is 0 Å². The molecule has 1 amide bonds. The molecule has 1 aromatic rings. The minimum atomic E-state index is -1.05. The van der Waals surface area contributed by atoms with Crippen molar-refractivity contribution < 1.29 is 19.5 Å². The Morgan fingerprint density at radius 3 is 2.71 bits per heavy atom. The third-order valence-corrected chi connectivity index (χ3v) is 1.78. The second-order valence-electron chi connectivity index (χ2n) is 3.22. The van der Waals surface area contributed by atoms with Gasteiger partial charge in [-0.1, -0.05) is 5.16 Å². The molecule has 1 aromatic heterocycles. The largest absolute Gasteiger partial charge is 0.394 e. The lowest BCUT2D eigenvalue weighted by Gasteiger charge is -2.25. The van der Waals surface area contributed by atoms with Crippen LogP contribution in [-0.2, 0) is 0 Å². The van der Waals surface area contributed by atoms with Gasteiger partial charge >= 0.3 is 0 Å². The number of carbonyl (C=O) groups is 1. The Labute approximate surface area is 80.5 Å². The first-order chi connectivity index (χ1) is 6.61. The molecule has 78 valence electrons. The lowest BCUT2D eigenvalue weighted by atomic mass is 10.1. The number of nitrogens with one attached hydrogen (secondary N) is 1. The highest BCUT2D eigenvalue weighted by atomic mass is 16.5. The van der Waals surface area contributed by atoms with E-state index in [1.54, 1.807) is 0 Å². The van der Waals surface area contributed by atoms with Gasteiger partial charge in [-0.3, -0.25) is 4.79 Å². The average Bonchev–Trinajstić information content (AvgIpc) is 2.70. The van der Waals surface area contributed by atoms with Crippen LogP contribution in [0.25, 0.3) is 0 Å². The van der Waals surface area contributed by atoms with E-state index in [9.17, 15) is 4.79 Å². The van der Waals surface area contributed by atoms with E-state index in [2.05, 4.69) is 15.0 Å². The minimum Gasteiger partial charge on any atom is -0.394 e. The predicted molar refractivity (Wildman–Crippen MR) is 46.5 cm³/mol. The third kappa shape index (κ3) is 2.30. The molecule has 14 heavy (non-hydrogen) atoms. The molecule has 0 saturated heterocycles. The predicted octanol–water partition coefficient (Wildman–Crippen LogP) is -0.852. The van der Waals surface area contributed by atoms with Gasteiger partial charge in [0.1, 0.15) is 6.26 Å². The SMILES string of the molecule is CC(CO)(CO)NC(=O)c1ccon1. The molecule has 0 spiro atoms. The fourth-order valence-electron chi connectivity index (χ4n) is 0.797. The number of amides is 1. The number of hydrogen-bond donors (Lipinski definition) is 3. The summed E-state index contributed by atoms with van der Waals surface area (Å²) in [7, 11) is 0. The molecule has 0 saturated carbocycles. The first-order valence-corrected chi connectivity index (χ1v) is 4.06. The van der Waals surface area contributed by atoms with E-state index in [0.29, 0.717) is 0 Å². The first-order valence-electron chi connectivity index (χ1n) is 4.06. The van der Waals surface area contributed by atoms with Crippen LogP contribution in [0.1, 0.15) is 17.4 Å². The number of aromatic nitrogens is 1. The average molecular weight is 200 g/mol. The van der Waals surface area contributed by atoms with Gasteiger partial charge in [-0.25, -0.2) is 0 Å². The van der Waals surface area contributed by atoms with Gasteiger partial charge in [-0.15, -0.1) is 0 Å². The summed E-state index contributed by atoms with van der Waals surface area (Å²) in [4.78, 5) is 11.4. The van der Waals surface area contributed by atoms with Crippen molar-refractivity contribution in [1.29, 1.82) is 0 Å². The van der Waals surface area contributed by atoms with Crippen LogP contribution in [0.3, 0.4) is 0 Å². The highest BCUT2D eigenvalue weighted by molar-refractivity contribution is 5.92. The van der Waals surface area contributed by atoms with Crippen molar-refractivity contribution in [1.82, 2.24) is 10.5 Å². The summed E-state index contributed by atoms with van der Waals surface area (Å²) in [5.74, 6) is -0.496. The van der Waals surface area contributed by atoms with Gasteiger partial charge < -0.3 is 20.1 Å². The number of nitrogens with zero attached hydrogens (tertiary/aromatic N) is 1. The first kappa shape index (κ1) is 10.7. The molecule has 1 rings (SSSR count). The van der Waals surface area contributed by atoms with E-state index >= 15 is 0 Å². The van der Waals surface area contributed by atoms with Crippen LogP contribution in [0.4, 0.5) is 0 Å². The highest BCUT2D eigenvalue weighted by Gasteiger charge is 2.25. The Morgan fingerprint density at radius 1 is 1.64 bits per heavy atom.